The molecule has 3 rings (SSSR count). The largest absolute Gasteiger partial charge is 0.465 e. The van der Waals surface area contributed by atoms with Gasteiger partial charge in [-0.05, 0) is 63.7 Å². The van der Waals surface area contributed by atoms with Crippen LogP contribution in [0.3, 0.4) is 0 Å². The molecule has 0 spiro atoms. The summed E-state index contributed by atoms with van der Waals surface area (Å²) >= 11 is 0. The van der Waals surface area contributed by atoms with Crippen molar-refractivity contribution in [3.8, 4) is 0 Å². The van der Waals surface area contributed by atoms with E-state index in [1.54, 1.807) is 0 Å². The molecule has 0 bridgehead atoms. The van der Waals surface area contributed by atoms with Crippen LogP contribution in [0, 0.1) is 5.92 Å². The molecule has 0 aliphatic carbocycles. The highest BCUT2D eigenvalue weighted by atomic mass is 35.5. The summed E-state index contributed by atoms with van der Waals surface area (Å²) in [5.74, 6) is 0.661. The number of piperidine rings is 1. The van der Waals surface area contributed by atoms with Crippen LogP contribution in [0.5, 0.6) is 0 Å². The Hall–Kier alpha value is -1.10. The third-order valence-electron chi connectivity index (χ3n) is 5.56. The van der Waals surface area contributed by atoms with Crippen LogP contribution in [0.1, 0.15) is 38.2 Å². The first kappa shape index (κ1) is 20.2. The first-order valence-corrected chi connectivity index (χ1v) is 9.41. The van der Waals surface area contributed by atoms with Gasteiger partial charge < -0.3 is 10.1 Å². The van der Waals surface area contributed by atoms with Crippen LogP contribution in [0.4, 0.5) is 0 Å². The van der Waals surface area contributed by atoms with Crippen LogP contribution in [-0.2, 0) is 16.0 Å². The number of ether oxygens (including phenoxy) is 1. The molecule has 1 aromatic carbocycles. The number of hydrogen-bond donors (Lipinski definition) is 1. The average molecular weight is 367 g/mol. The molecule has 0 radical (unpaired) electrons. The minimum atomic E-state index is -0.470. The zero-order valence-corrected chi connectivity index (χ0v) is 16.0. The van der Waals surface area contributed by atoms with Crippen LogP contribution in [-0.4, -0.2) is 49.2 Å². The average Bonchev–Trinajstić information content (AvgIpc) is 3.00. The van der Waals surface area contributed by atoms with Crippen molar-refractivity contribution in [2.24, 2.45) is 5.92 Å². The Morgan fingerprint density at radius 3 is 2.68 bits per heavy atom. The van der Waals surface area contributed by atoms with E-state index in [9.17, 15) is 4.79 Å². The molecular formula is C20H31ClN2O2. The van der Waals surface area contributed by atoms with Gasteiger partial charge in [0.05, 0.1) is 6.61 Å². The Bertz CT molecular complexity index is 534. The fourth-order valence-electron chi connectivity index (χ4n) is 4.28. The van der Waals surface area contributed by atoms with Crippen molar-refractivity contribution >= 4 is 18.4 Å². The third kappa shape index (κ3) is 4.75. The summed E-state index contributed by atoms with van der Waals surface area (Å²) in [6, 6.07) is 10.4. The molecule has 4 nitrogen and oxygen atoms in total. The van der Waals surface area contributed by atoms with Gasteiger partial charge >= 0.3 is 5.97 Å². The lowest BCUT2D eigenvalue weighted by Crippen LogP contribution is -2.55. The smallest absolute Gasteiger partial charge is 0.326 e. The van der Waals surface area contributed by atoms with Crippen LogP contribution in [0.2, 0.25) is 0 Å². The normalized spacial score (nSPS) is 24.7. The Morgan fingerprint density at radius 1 is 1.28 bits per heavy atom. The van der Waals surface area contributed by atoms with Crippen molar-refractivity contribution in [1.82, 2.24) is 10.2 Å². The van der Waals surface area contributed by atoms with Gasteiger partial charge in [-0.25, -0.2) is 0 Å². The van der Waals surface area contributed by atoms with Crippen LogP contribution in [0.25, 0.3) is 0 Å². The van der Waals surface area contributed by atoms with E-state index in [1.165, 1.54) is 18.4 Å². The van der Waals surface area contributed by atoms with E-state index in [-0.39, 0.29) is 18.4 Å². The van der Waals surface area contributed by atoms with E-state index in [4.69, 9.17) is 4.74 Å². The van der Waals surface area contributed by atoms with Gasteiger partial charge in [0, 0.05) is 13.0 Å². The van der Waals surface area contributed by atoms with Gasteiger partial charge in [-0.3, -0.25) is 9.69 Å². The lowest BCUT2D eigenvalue weighted by atomic mass is 9.86. The fraction of sp³-hybridized carbons (Fsp3) is 0.650. The van der Waals surface area contributed by atoms with Crippen molar-refractivity contribution < 1.29 is 9.53 Å². The van der Waals surface area contributed by atoms with Gasteiger partial charge in [0.25, 0.3) is 0 Å². The number of benzene rings is 1. The summed E-state index contributed by atoms with van der Waals surface area (Å²) < 4.78 is 5.53. The van der Waals surface area contributed by atoms with Crippen molar-refractivity contribution in [3.05, 3.63) is 35.9 Å². The topological polar surface area (TPSA) is 41.6 Å². The molecule has 2 fully saturated rings. The van der Waals surface area contributed by atoms with Crippen molar-refractivity contribution in [2.75, 3.05) is 32.8 Å². The number of esters is 1. The molecule has 2 aliphatic heterocycles. The Kier molecular flexibility index (Phi) is 7.73. The predicted molar refractivity (Wildman–Crippen MR) is 103 cm³/mol. The first-order chi connectivity index (χ1) is 11.7. The number of likely N-dealkylation sites (tertiary alicyclic amines) is 1. The molecule has 1 aromatic rings. The minimum Gasteiger partial charge on any atom is -0.465 e. The Balaban J connectivity index is 0.00000225. The molecule has 140 valence electrons. The number of carbonyl (C=O) groups is 1. The Morgan fingerprint density at radius 2 is 2.00 bits per heavy atom. The number of rotatable bonds is 6. The zero-order valence-electron chi connectivity index (χ0n) is 15.2. The predicted octanol–water partition coefficient (Wildman–Crippen LogP) is 3.05. The van der Waals surface area contributed by atoms with E-state index in [1.807, 2.05) is 13.0 Å². The van der Waals surface area contributed by atoms with Gasteiger partial charge in [0.15, 0.2) is 0 Å². The molecule has 2 heterocycles. The molecule has 5 heteroatoms. The monoisotopic (exact) mass is 366 g/mol. The number of carbonyl (C=O) groups excluding carboxylic acids is 1. The number of nitrogens with zero attached hydrogens (tertiary/aromatic N) is 1. The summed E-state index contributed by atoms with van der Waals surface area (Å²) in [6.45, 7) is 6.59. The van der Waals surface area contributed by atoms with Crippen molar-refractivity contribution in [3.63, 3.8) is 0 Å². The molecule has 1 N–H and O–H groups in total. The third-order valence-corrected chi connectivity index (χ3v) is 5.56. The Labute approximate surface area is 157 Å². The standard InChI is InChI=1S/C20H30N2O2.ClH/c1-2-24-19(23)20(15-17-7-4-3-5-8-17)11-6-14-22(20)16-18-9-12-21-13-10-18;/h3-5,7-8,18,21H,2,6,9-16H2,1H3;1H. The summed E-state index contributed by atoms with van der Waals surface area (Å²) in [5, 5.41) is 3.43. The van der Waals surface area contributed by atoms with Crippen LogP contribution >= 0.6 is 12.4 Å². The van der Waals surface area contributed by atoms with Gasteiger partial charge in [-0.1, -0.05) is 30.3 Å². The van der Waals surface area contributed by atoms with Gasteiger partial charge in [0.1, 0.15) is 5.54 Å². The molecule has 0 aromatic heterocycles. The van der Waals surface area contributed by atoms with Gasteiger partial charge in [-0.2, -0.15) is 0 Å². The lowest BCUT2D eigenvalue weighted by molar-refractivity contribution is -0.156. The number of halogens is 1. The van der Waals surface area contributed by atoms with E-state index in [0.717, 1.165) is 45.4 Å². The number of hydrogen-bond acceptors (Lipinski definition) is 4. The van der Waals surface area contributed by atoms with E-state index < -0.39 is 5.54 Å². The highest BCUT2D eigenvalue weighted by Crippen LogP contribution is 2.35. The summed E-state index contributed by atoms with van der Waals surface area (Å²) in [5.41, 5.74) is 0.755. The number of nitrogens with one attached hydrogen (secondary N) is 1. The van der Waals surface area contributed by atoms with Crippen molar-refractivity contribution in [1.29, 1.82) is 0 Å². The second-order valence-electron chi connectivity index (χ2n) is 7.16. The zero-order chi connectivity index (χ0) is 16.8. The maximum Gasteiger partial charge on any atom is 0.326 e. The van der Waals surface area contributed by atoms with Crippen LogP contribution in [0.15, 0.2) is 30.3 Å². The van der Waals surface area contributed by atoms with E-state index in [0.29, 0.717) is 12.5 Å². The lowest BCUT2D eigenvalue weighted by Gasteiger charge is -2.39. The second-order valence-corrected chi connectivity index (χ2v) is 7.16. The summed E-state index contributed by atoms with van der Waals surface area (Å²) in [7, 11) is 0. The molecule has 0 saturated carbocycles. The molecular weight excluding hydrogens is 336 g/mol. The summed E-state index contributed by atoms with van der Waals surface area (Å²) in [6.07, 6.45) is 5.17. The highest BCUT2D eigenvalue weighted by molar-refractivity contribution is 5.85. The maximum atomic E-state index is 12.9. The highest BCUT2D eigenvalue weighted by Gasteiger charge is 2.48. The quantitative estimate of drug-likeness (QED) is 0.786. The minimum absolute atomic E-state index is 0. The molecule has 2 aliphatic rings. The first-order valence-electron chi connectivity index (χ1n) is 9.41. The second kappa shape index (κ2) is 9.56. The van der Waals surface area contributed by atoms with Gasteiger partial charge in [0.2, 0.25) is 0 Å². The van der Waals surface area contributed by atoms with E-state index in [2.05, 4.69) is 34.5 Å². The summed E-state index contributed by atoms with van der Waals surface area (Å²) in [4.78, 5) is 15.4. The van der Waals surface area contributed by atoms with Gasteiger partial charge in [-0.15, -0.1) is 12.4 Å². The fourth-order valence-corrected chi connectivity index (χ4v) is 4.28. The van der Waals surface area contributed by atoms with Crippen molar-refractivity contribution in [2.45, 2.75) is 44.6 Å². The molecule has 1 unspecified atom stereocenters. The maximum absolute atomic E-state index is 12.9. The molecule has 1 atom stereocenters. The molecule has 0 amide bonds. The molecule has 25 heavy (non-hydrogen) atoms. The molecule has 2 saturated heterocycles. The van der Waals surface area contributed by atoms with E-state index >= 15 is 0 Å². The SMILES string of the molecule is CCOC(=O)C1(Cc2ccccc2)CCCN1CC1CCNCC1.Cl. The van der Waals surface area contributed by atoms with Crippen LogP contribution < -0.4 is 5.32 Å².